The van der Waals surface area contributed by atoms with E-state index in [-0.39, 0.29) is 5.82 Å². The van der Waals surface area contributed by atoms with Crippen LogP contribution >= 0.6 is 0 Å². The number of nitrogens with one attached hydrogen (secondary N) is 2. The van der Waals surface area contributed by atoms with Gasteiger partial charge < -0.3 is 10.3 Å². The van der Waals surface area contributed by atoms with Gasteiger partial charge in [0.25, 0.3) is 0 Å². The maximum absolute atomic E-state index is 12.9. The van der Waals surface area contributed by atoms with Gasteiger partial charge in [0.05, 0.1) is 5.69 Å². The third-order valence-corrected chi connectivity index (χ3v) is 3.92. The standard InChI is InChI=1S/C19H15FN4/c20-15-5-1-13(2-6-15)11-22-16-7-3-14(4-8-16)18-17-9-10-21-19(17)24-12-23-18/h1-10,12,22H,11H2,(H,21,23,24). The molecule has 118 valence electrons. The fraction of sp³-hybridized carbons (Fsp3) is 0.0526. The van der Waals surface area contributed by atoms with Crippen molar-refractivity contribution in [2.75, 3.05) is 5.32 Å². The van der Waals surface area contributed by atoms with Crippen LogP contribution in [0.4, 0.5) is 10.1 Å². The number of H-pyrrole nitrogens is 1. The van der Waals surface area contributed by atoms with Crippen molar-refractivity contribution < 1.29 is 4.39 Å². The molecule has 0 spiro atoms. The molecule has 0 atom stereocenters. The van der Waals surface area contributed by atoms with Gasteiger partial charge in [0, 0.05) is 29.4 Å². The van der Waals surface area contributed by atoms with Crippen molar-refractivity contribution in [3.05, 3.63) is 78.5 Å². The molecule has 24 heavy (non-hydrogen) atoms. The Bertz CT molecular complexity index is 959. The Kier molecular flexibility index (Phi) is 3.67. The van der Waals surface area contributed by atoms with E-state index < -0.39 is 0 Å². The first-order valence-corrected chi connectivity index (χ1v) is 7.66. The summed E-state index contributed by atoms with van der Waals surface area (Å²) >= 11 is 0. The summed E-state index contributed by atoms with van der Waals surface area (Å²) in [6.45, 7) is 0.648. The lowest BCUT2D eigenvalue weighted by atomic mass is 10.1. The molecule has 2 heterocycles. The zero-order chi connectivity index (χ0) is 16.4. The van der Waals surface area contributed by atoms with Crippen LogP contribution in [0.2, 0.25) is 0 Å². The Morgan fingerprint density at radius 3 is 2.50 bits per heavy atom. The average molecular weight is 318 g/mol. The number of anilines is 1. The van der Waals surface area contributed by atoms with Gasteiger partial charge in [-0.2, -0.15) is 0 Å². The topological polar surface area (TPSA) is 53.6 Å². The monoisotopic (exact) mass is 318 g/mol. The maximum Gasteiger partial charge on any atom is 0.141 e. The minimum atomic E-state index is -0.218. The fourth-order valence-corrected chi connectivity index (χ4v) is 2.65. The van der Waals surface area contributed by atoms with Crippen LogP contribution in [0.3, 0.4) is 0 Å². The van der Waals surface area contributed by atoms with Gasteiger partial charge in [-0.25, -0.2) is 14.4 Å². The molecule has 5 heteroatoms. The molecule has 0 saturated heterocycles. The molecule has 0 unspecified atom stereocenters. The molecule has 2 N–H and O–H groups in total. The van der Waals surface area contributed by atoms with Crippen molar-refractivity contribution in [1.29, 1.82) is 0 Å². The minimum absolute atomic E-state index is 0.218. The molecule has 0 amide bonds. The number of rotatable bonds is 4. The minimum Gasteiger partial charge on any atom is -0.381 e. The molecule has 0 aliphatic rings. The van der Waals surface area contributed by atoms with Gasteiger partial charge in [-0.05, 0) is 35.9 Å². The highest BCUT2D eigenvalue weighted by Crippen LogP contribution is 2.25. The summed E-state index contributed by atoms with van der Waals surface area (Å²) in [6.07, 6.45) is 3.43. The summed E-state index contributed by atoms with van der Waals surface area (Å²) in [5.41, 5.74) is 4.81. The van der Waals surface area contributed by atoms with Crippen LogP contribution in [-0.4, -0.2) is 15.0 Å². The molecule has 0 aliphatic heterocycles. The van der Waals surface area contributed by atoms with Gasteiger partial charge in [-0.15, -0.1) is 0 Å². The van der Waals surface area contributed by atoms with Crippen LogP contribution in [0, 0.1) is 5.82 Å². The van der Waals surface area contributed by atoms with E-state index in [1.54, 1.807) is 18.5 Å². The summed E-state index contributed by atoms with van der Waals surface area (Å²) in [6, 6.07) is 16.6. The quantitative estimate of drug-likeness (QED) is 0.587. The lowest BCUT2D eigenvalue weighted by molar-refractivity contribution is 0.627. The number of aromatic amines is 1. The third kappa shape index (κ3) is 2.84. The Labute approximate surface area is 138 Å². The number of halogens is 1. The number of hydrogen-bond acceptors (Lipinski definition) is 3. The Morgan fingerprint density at radius 2 is 1.71 bits per heavy atom. The van der Waals surface area contributed by atoms with Gasteiger partial charge in [-0.1, -0.05) is 24.3 Å². The van der Waals surface area contributed by atoms with Crippen molar-refractivity contribution in [2.45, 2.75) is 6.54 Å². The Balaban J connectivity index is 1.52. The van der Waals surface area contributed by atoms with Gasteiger partial charge >= 0.3 is 0 Å². The highest BCUT2D eigenvalue weighted by atomic mass is 19.1. The normalized spacial score (nSPS) is 10.9. The second kappa shape index (κ2) is 6.12. The molecule has 0 fully saturated rings. The Morgan fingerprint density at radius 1 is 0.917 bits per heavy atom. The van der Waals surface area contributed by atoms with Crippen molar-refractivity contribution in [3.8, 4) is 11.3 Å². The molecule has 4 rings (SSSR count). The molecule has 2 aromatic heterocycles. The number of benzene rings is 2. The van der Waals surface area contributed by atoms with E-state index in [4.69, 9.17) is 0 Å². The van der Waals surface area contributed by atoms with Gasteiger partial charge in [0.15, 0.2) is 0 Å². The van der Waals surface area contributed by atoms with Crippen LogP contribution in [0.1, 0.15) is 5.56 Å². The predicted molar refractivity (Wildman–Crippen MR) is 93.1 cm³/mol. The molecule has 2 aromatic carbocycles. The van der Waals surface area contributed by atoms with E-state index in [0.717, 1.165) is 33.5 Å². The van der Waals surface area contributed by atoms with E-state index >= 15 is 0 Å². The van der Waals surface area contributed by atoms with Crippen molar-refractivity contribution >= 4 is 16.7 Å². The number of hydrogen-bond donors (Lipinski definition) is 2. The molecular formula is C19H15FN4. The summed E-state index contributed by atoms with van der Waals surface area (Å²) in [7, 11) is 0. The first-order valence-electron chi connectivity index (χ1n) is 7.66. The van der Waals surface area contributed by atoms with Crippen LogP contribution in [0.5, 0.6) is 0 Å². The summed E-state index contributed by atoms with van der Waals surface area (Å²) < 4.78 is 12.9. The first-order chi connectivity index (χ1) is 11.8. The summed E-state index contributed by atoms with van der Waals surface area (Å²) in [5.74, 6) is -0.218. The second-order valence-electron chi connectivity index (χ2n) is 5.52. The molecule has 0 saturated carbocycles. The zero-order valence-electron chi connectivity index (χ0n) is 12.8. The van der Waals surface area contributed by atoms with Gasteiger partial charge in [0.1, 0.15) is 17.8 Å². The van der Waals surface area contributed by atoms with Crippen molar-refractivity contribution in [2.24, 2.45) is 0 Å². The third-order valence-electron chi connectivity index (χ3n) is 3.92. The van der Waals surface area contributed by atoms with Crippen molar-refractivity contribution in [3.63, 3.8) is 0 Å². The van der Waals surface area contributed by atoms with E-state index in [9.17, 15) is 4.39 Å². The van der Waals surface area contributed by atoms with Crippen LogP contribution in [0.15, 0.2) is 67.1 Å². The van der Waals surface area contributed by atoms with E-state index in [2.05, 4.69) is 20.3 Å². The highest BCUT2D eigenvalue weighted by Gasteiger charge is 2.06. The van der Waals surface area contributed by atoms with E-state index in [0.29, 0.717) is 6.54 Å². The summed E-state index contributed by atoms with van der Waals surface area (Å²) in [5, 5.41) is 4.33. The van der Waals surface area contributed by atoms with Crippen molar-refractivity contribution in [1.82, 2.24) is 15.0 Å². The largest absolute Gasteiger partial charge is 0.381 e. The van der Waals surface area contributed by atoms with E-state index in [1.165, 1.54) is 12.1 Å². The zero-order valence-corrected chi connectivity index (χ0v) is 12.8. The predicted octanol–water partition coefficient (Wildman–Crippen LogP) is 4.38. The number of fused-ring (bicyclic) bond motifs is 1. The second-order valence-corrected chi connectivity index (χ2v) is 5.52. The highest BCUT2D eigenvalue weighted by molar-refractivity contribution is 5.90. The fourth-order valence-electron chi connectivity index (χ4n) is 2.65. The van der Waals surface area contributed by atoms with Gasteiger partial charge in [0.2, 0.25) is 0 Å². The molecule has 0 radical (unpaired) electrons. The van der Waals surface area contributed by atoms with Crippen LogP contribution in [0.25, 0.3) is 22.3 Å². The number of aromatic nitrogens is 3. The molecule has 4 aromatic rings. The van der Waals surface area contributed by atoms with Crippen LogP contribution in [-0.2, 0) is 6.54 Å². The molecule has 0 bridgehead atoms. The first kappa shape index (κ1) is 14.4. The van der Waals surface area contributed by atoms with Gasteiger partial charge in [-0.3, -0.25) is 0 Å². The molecule has 4 nitrogen and oxygen atoms in total. The Hall–Kier alpha value is -3.21. The smallest absolute Gasteiger partial charge is 0.141 e. The molecular weight excluding hydrogens is 303 g/mol. The maximum atomic E-state index is 12.9. The lowest BCUT2D eigenvalue weighted by Gasteiger charge is -2.08. The van der Waals surface area contributed by atoms with Crippen LogP contribution < -0.4 is 5.32 Å². The summed E-state index contributed by atoms with van der Waals surface area (Å²) in [4.78, 5) is 11.7. The lowest BCUT2D eigenvalue weighted by Crippen LogP contribution is -1.99. The average Bonchev–Trinajstić information content (AvgIpc) is 3.10. The van der Waals surface area contributed by atoms with E-state index in [1.807, 2.05) is 36.5 Å². The molecule has 0 aliphatic carbocycles. The SMILES string of the molecule is Fc1ccc(CNc2ccc(-c3ncnc4[nH]ccc34)cc2)cc1. The number of nitrogens with zero attached hydrogens (tertiary/aromatic N) is 2.